The van der Waals surface area contributed by atoms with Crippen LogP contribution >= 0.6 is 12.4 Å². The first-order valence-electron chi connectivity index (χ1n) is 7.21. The largest absolute Gasteiger partial charge is 0.337 e. The Balaban J connectivity index is 0.00000161. The lowest BCUT2D eigenvalue weighted by molar-refractivity contribution is 0.305. The Bertz CT molecular complexity index is 554. The number of hydrogen-bond donors (Lipinski definition) is 1. The van der Waals surface area contributed by atoms with Gasteiger partial charge in [0.1, 0.15) is 5.82 Å². The van der Waals surface area contributed by atoms with Crippen LogP contribution in [0, 0.1) is 5.92 Å². The average molecular weight is 307 g/mol. The second-order valence-corrected chi connectivity index (χ2v) is 5.66. The van der Waals surface area contributed by atoms with Gasteiger partial charge in [-0.3, -0.25) is 4.90 Å². The third kappa shape index (κ3) is 3.46. The summed E-state index contributed by atoms with van der Waals surface area (Å²) in [5.41, 5.74) is 7.39. The quantitative estimate of drug-likeness (QED) is 0.940. The fourth-order valence-corrected chi connectivity index (χ4v) is 3.16. The number of aromatic nitrogens is 2. The van der Waals surface area contributed by atoms with E-state index in [0.29, 0.717) is 11.8 Å². The molecule has 0 saturated carbocycles. The third-order valence-electron chi connectivity index (χ3n) is 4.33. The highest BCUT2D eigenvalue weighted by atomic mass is 35.5. The first kappa shape index (κ1) is 16.0. The number of nitrogens with zero attached hydrogens (tertiary/aromatic N) is 3. The zero-order chi connectivity index (χ0) is 13.9. The molecule has 0 aliphatic carbocycles. The molecular formula is C16H23ClN4. The molecule has 1 aliphatic heterocycles. The summed E-state index contributed by atoms with van der Waals surface area (Å²) in [6.45, 7) is 3.78. The third-order valence-corrected chi connectivity index (χ3v) is 4.33. The summed E-state index contributed by atoms with van der Waals surface area (Å²) in [5.74, 6) is 2.20. The van der Waals surface area contributed by atoms with Crippen molar-refractivity contribution in [1.82, 2.24) is 14.5 Å². The predicted molar refractivity (Wildman–Crippen MR) is 87.5 cm³/mol. The molecule has 0 spiro atoms. The first-order valence-corrected chi connectivity index (χ1v) is 7.21. The minimum atomic E-state index is 0. The summed E-state index contributed by atoms with van der Waals surface area (Å²) in [6.07, 6.45) is 3.86. The average Bonchev–Trinajstić information content (AvgIpc) is 3.07. The van der Waals surface area contributed by atoms with Crippen molar-refractivity contribution in [3.8, 4) is 0 Å². The van der Waals surface area contributed by atoms with Crippen molar-refractivity contribution in [3.05, 3.63) is 54.1 Å². The Kier molecular flexibility index (Phi) is 5.39. The number of likely N-dealkylation sites (tertiary alicyclic amines) is 1. The number of rotatable bonds is 4. The van der Waals surface area contributed by atoms with Crippen LogP contribution in [-0.4, -0.2) is 34.1 Å². The summed E-state index contributed by atoms with van der Waals surface area (Å²) in [5, 5.41) is 0. The minimum Gasteiger partial charge on any atom is -0.337 e. The van der Waals surface area contributed by atoms with Crippen molar-refractivity contribution in [2.75, 3.05) is 19.6 Å². The van der Waals surface area contributed by atoms with E-state index in [1.807, 2.05) is 19.4 Å². The molecule has 0 bridgehead atoms. The number of hydrogen-bond acceptors (Lipinski definition) is 3. The lowest BCUT2D eigenvalue weighted by Crippen LogP contribution is -2.24. The lowest BCUT2D eigenvalue weighted by atomic mass is 9.89. The zero-order valence-electron chi connectivity index (χ0n) is 12.4. The Morgan fingerprint density at radius 1 is 1.24 bits per heavy atom. The van der Waals surface area contributed by atoms with E-state index in [1.54, 1.807) is 0 Å². The highest BCUT2D eigenvalue weighted by Gasteiger charge is 2.33. The molecular weight excluding hydrogens is 284 g/mol. The van der Waals surface area contributed by atoms with E-state index >= 15 is 0 Å². The molecule has 1 saturated heterocycles. The van der Waals surface area contributed by atoms with Gasteiger partial charge in [-0.05, 0) is 18.0 Å². The van der Waals surface area contributed by atoms with Gasteiger partial charge in [-0.15, -0.1) is 12.4 Å². The monoisotopic (exact) mass is 306 g/mol. The van der Waals surface area contributed by atoms with Crippen LogP contribution in [-0.2, 0) is 13.6 Å². The van der Waals surface area contributed by atoms with Crippen LogP contribution in [0.3, 0.4) is 0 Å². The van der Waals surface area contributed by atoms with Crippen LogP contribution in [0.4, 0.5) is 0 Å². The van der Waals surface area contributed by atoms with E-state index in [4.69, 9.17) is 5.73 Å². The fourth-order valence-electron chi connectivity index (χ4n) is 3.16. The van der Waals surface area contributed by atoms with Gasteiger partial charge in [-0.25, -0.2) is 4.98 Å². The zero-order valence-corrected chi connectivity index (χ0v) is 13.2. The van der Waals surface area contributed by atoms with Crippen LogP contribution in [0.5, 0.6) is 0 Å². The Morgan fingerprint density at radius 3 is 2.62 bits per heavy atom. The Hall–Kier alpha value is -1.36. The molecule has 2 N–H and O–H groups in total. The predicted octanol–water partition coefficient (Wildman–Crippen LogP) is 2.02. The van der Waals surface area contributed by atoms with Gasteiger partial charge in [0.15, 0.2) is 0 Å². The summed E-state index contributed by atoms with van der Waals surface area (Å²) in [7, 11) is 2.05. The highest BCUT2D eigenvalue weighted by Crippen LogP contribution is 2.32. The van der Waals surface area contributed by atoms with Crippen LogP contribution in [0.2, 0.25) is 0 Å². The molecule has 21 heavy (non-hydrogen) atoms. The van der Waals surface area contributed by atoms with Gasteiger partial charge in [-0.2, -0.15) is 0 Å². The molecule has 1 fully saturated rings. The Labute approximate surface area is 132 Å². The summed E-state index contributed by atoms with van der Waals surface area (Å²) in [6, 6.07) is 10.7. The van der Waals surface area contributed by atoms with E-state index in [9.17, 15) is 0 Å². The van der Waals surface area contributed by atoms with E-state index in [1.165, 1.54) is 5.56 Å². The van der Waals surface area contributed by atoms with E-state index in [-0.39, 0.29) is 12.4 Å². The molecule has 1 aromatic heterocycles. The van der Waals surface area contributed by atoms with Crippen molar-refractivity contribution in [3.63, 3.8) is 0 Å². The normalized spacial score (nSPS) is 22.2. The van der Waals surface area contributed by atoms with Crippen molar-refractivity contribution >= 4 is 12.4 Å². The van der Waals surface area contributed by atoms with Gasteiger partial charge in [0.2, 0.25) is 0 Å². The molecule has 0 radical (unpaired) electrons. The summed E-state index contributed by atoms with van der Waals surface area (Å²) in [4.78, 5) is 6.89. The van der Waals surface area contributed by atoms with Gasteiger partial charge in [-0.1, -0.05) is 30.3 Å². The lowest BCUT2D eigenvalue weighted by Gasteiger charge is -2.16. The van der Waals surface area contributed by atoms with E-state index < -0.39 is 0 Å². The highest BCUT2D eigenvalue weighted by molar-refractivity contribution is 5.85. The van der Waals surface area contributed by atoms with Gasteiger partial charge >= 0.3 is 0 Å². The molecule has 114 valence electrons. The van der Waals surface area contributed by atoms with Crippen LogP contribution in [0.15, 0.2) is 42.7 Å². The maximum absolute atomic E-state index is 5.98. The summed E-state index contributed by atoms with van der Waals surface area (Å²) >= 11 is 0. The molecule has 4 nitrogen and oxygen atoms in total. The van der Waals surface area contributed by atoms with Crippen LogP contribution < -0.4 is 5.73 Å². The number of aryl methyl sites for hydroxylation is 1. The molecule has 2 atom stereocenters. The molecule has 3 rings (SSSR count). The maximum atomic E-state index is 5.98. The van der Waals surface area contributed by atoms with Crippen molar-refractivity contribution in [1.29, 1.82) is 0 Å². The topological polar surface area (TPSA) is 47.1 Å². The molecule has 2 aromatic rings. The molecule has 1 aromatic carbocycles. The fraction of sp³-hybridized carbons (Fsp3) is 0.438. The molecule has 0 unspecified atom stereocenters. The van der Waals surface area contributed by atoms with E-state index in [0.717, 1.165) is 32.0 Å². The first-order chi connectivity index (χ1) is 9.78. The minimum absolute atomic E-state index is 0. The van der Waals surface area contributed by atoms with Crippen molar-refractivity contribution < 1.29 is 0 Å². The number of benzene rings is 1. The van der Waals surface area contributed by atoms with Crippen LogP contribution in [0.25, 0.3) is 0 Å². The summed E-state index contributed by atoms with van der Waals surface area (Å²) < 4.78 is 2.09. The molecule has 5 heteroatoms. The molecule has 0 amide bonds. The standard InChI is InChI=1S/C16H22N4.ClH/c1-19-8-7-18-16(19)12-20-10-14(9-17)15(11-20)13-5-3-2-4-6-13;/h2-8,14-15H,9-12,17H2,1H3;1H/t14-,15+;/m1./s1. The Morgan fingerprint density at radius 2 is 2.00 bits per heavy atom. The molecule has 1 aliphatic rings. The number of nitrogens with two attached hydrogens (primary N) is 1. The molecule has 2 heterocycles. The van der Waals surface area contributed by atoms with E-state index in [2.05, 4.69) is 44.8 Å². The second-order valence-electron chi connectivity index (χ2n) is 5.66. The van der Waals surface area contributed by atoms with Gasteiger partial charge in [0, 0.05) is 38.4 Å². The van der Waals surface area contributed by atoms with Gasteiger partial charge in [0.25, 0.3) is 0 Å². The van der Waals surface area contributed by atoms with Crippen molar-refractivity contribution in [2.45, 2.75) is 12.5 Å². The second kappa shape index (κ2) is 7.07. The van der Waals surface area contributed by atoms with Gasteiger partial charge in [0.05, 0.1) is 6.54 Å². The van der Waals surface area contributed by atoms with Crippen molar-refractivity contribution in [2.24, 2.45) is 18.7 Å². The number of halogens is 1. The smallest absolute Gasteiger partial charge is 0.122 e. The SMILES string of the molecule is Cl.Cn1ccnc1CN1C[C@@H](CN)[C@H](c2ccccc2)C1. The maximum Gasteiger partial charge on any atom is 0.122 e. The number of imidazole rings is 1. The van der Waals surface area contributed by atoms with Crippen LogP contribution in [0.1, 0.15) is 17.3 Å². The van der Waals surface area contributed by atoms with Gasteiger partial charge < -0.3 is 10.3 Å².